The molecule has 2 N–H and O–H groups in total. The van der Waals surface area contributed by atoms with E-state index in [0.717, 1.165) is 10.5 Å². The lowest BCUT2D eigenvalue weighted by molar-refractivity contribution is -0.122. The molecule has 150 valence electrons. The van der Waals surface area contributed by atoms with Gasteiger partial charge in [0, 0.05) is 28.6 Å². The van der Waals surface area contributed by atoms with Gasteiger partial charge in [-0.1, -0.05) is 41.9 Å². The van der Waals surface area contributed by atoms with E-state index in [1.165, 1.54) is 6.26 Å². The molecule has 3 aromatic rings. The van der Waals surface area contributed by atoms with Gasteiger partial charge in [0.2, 0.25) is 5.91 Å². The summed E-state index contributed by atoms with van der Waals surface area (Å²) in [6, 6.07) is 19.6. The van der Waals surface area contributed by atoms with Crippen LogP contribution in [0.5, 0.6) is 0 Å². The van der Waals surface area contributed by atoms with Crippen LogP contribution in [0.1, 0.15) is 16.1 Å². The zero-order valence-corrected chi connectivity index (χ0v) is 17.2. The van der Waals surface area contributed by atoms with Crippen LogP contribution in [0, 0.1) is 0 Å². The van der Waals surface area contributed by atoms with Crippen LogP contribution >= 0.6 is 23.4 Å². The number of rotatable bonds is 9. The van der Waals surface area contributed by atoms with Crippen LogP contribution in [-0.2, 0) is 11.2 Å². The number of halogens is 1. The fourth-order valence-corrected chi connectivity index (χ4v) is 3.59. The molecule has 0 aliphatic rings. The summed E-state index contributed by atoms with van der Waals surface area (Å²) >= 11 is 7.51. The molecule has 0 radical (unpaired) electrons. The largest absolute Gasteiger partial charge is 0.459 e. The first-order valence-corrected chi connectivity index (χ1v) is 10.5. The van der Waals surface area contributed by atoms with E-state index in [4.69, 9.17) is 16.0 Å². The minimum absolute atomic E-state index is 0.175. The van der Waals surface area contributed by atoms with Crippen molar-refractivity contribution in [2.75, 3.05) is 12.3 Å². The Kier molecular flexibility index (Phi) is 7.78. The van der Waals surface area contributed by atoms with E-state index in [2.05, 4.69) is 10.6 Å². The van der Waals surface area contributed by atoms with Gasteiger partial charge in [-0.25, -0.2) is 0 Å². The fourth-order valence-electron chi connectivity index (χ4n) is 2.69. The quantitative estimate of drug-likeness (QED) is 0.396. The van der Waals surface area contributed by atoms with Gasteiger partial charge in [-0.3, -0.25) is 9.59 Å². The highest BCUT2D eigenvalue weighted by Crippen LogP contribution is 2.19. The predicted molar refractivity (Wildman–Crippen MR) is 115 cm³/mol. The lowest BCUT2D eigenvalue weighted by Gasteiger charge is -2.18. The molecule has 0 bridgehead atoms. The normalized spacial score (nSPS) is 11.6. The Labute approximate surface area is 178 Å². The van der Waals surface area contributed by atoms with Gasteiger partial charge in [-0.05, 0) is 42.0 Å². The number of benzene rings is 2. The first-order valence-electron chi connectivity index (χ1n) is 9.16. The second kappa shape index (κ2) is 10.7. The SMILES string of the molecule is O=C(N[C@@H](Cc1ccccc1)C(=O)NCCSc1ccc(Cl)cc1)c1ccco1. The molecule has 7 heteroatoms. The standard InChI is InChI=1S/C22H21ClN2O3S/c23-17-8-10-18(11-9-17)29-14-12-24-21(26)19(15-16-5-2-1-3-6-16)25-22(27)20-7-4-13-28-20/h1-11,13,19H,12,14-15H2,(H,24,26)(H,25,27)/t19-/m0/s1. The van der Waals surface area contributed by atoms with E-state index in [9.17, 15) is 9.59 Å². The van der Waals surface area contributed by atoms with Crippen molar-refractivity contribution >= 4 is 35.2 Å². The average Bonchev–Trinajstić information content (AvgIpc) is 3.28. The number of thioether (sulfide) groups is 1. The van der Waals surface area contributed by atoms with Crippen LogP contribution in [0.3, 0.4) is 0 Å². The third-order valence-corrected chi connectivity index (χ3v) is 5.40. The summed E-state index contributed by atoms with van der Waals surface area (Å²) in [7, 11) is 0. The summed E-state index contributed by atoms with van der Waals surface area (Å²) in [5.74, 6) is 0.235. The van der Waals surface area contributed by atoms with E-state index in [-0.39, 0.29) is 11.7 Å². The van der Waals surface area contributed by atoms with Crippen molar-refractivity contribution in [2.45, 2.75) is 17.4 Å². The van der Waals surface area contributed by atoms with Crippen molar-refractivity contribution in [3.63, 3.8) is 0 Å². The second-order valence-electron chi connectivity index (χ2n) is 6.29. The summed E-state index contributed by atoms with van der Waals surface area (Å²) in [6.07, 6.45) is 1.82. The highest BCUT2D eigenvalue weighted by molar-refractivity contribution is 7.99. The number of hydrogen-bond donors (Lipinski definition) is 2. The van der Waals surface area contributed by atoms with Gasteiger partial charge in [0.25, 0.3) is 5.91 Å². The van der Waals surface area contributed by atoms with Crippen LogP contribution in [0.4, 0.5) is 0 Å². The molecule has 0 spiro atoms. The van der Waals surface area contributed by atoms with Crippen LogP contribution < -0.4 is 10.6 Å². The monoisotopic (exact) mass is 428 g/mol. The molecule has 0 unspecified atom stereocenters. The minimum atomic E-state index is -0.699. The number of carbonyl (C=O) groups excluding carboxylic acids is 2. The van der Waals surface area contributed by atoms with Gasteiger partial charge >= 0.3 is 0 Å². The zero-order valence-electron chi connectivity index (χ0n) is 15.6. The molecule has 29 heavy (non-hydrogen) atoms. The summed E-state index contributed by atoms with van der Waals surface area (Å²) in [4.78, 5) is 26.2. The third-order valence-electron chi connectivity index (χ3n) is 4.13. The van der Waals surface area contributed by atoms with Crippen molar-refractivity contribution in [1.29, 1.82) is 0 Å². The number of carbonyl (C=O) groups is 2. The molecular formula is C22H21ClN2O3S. The molecular weight excluding hydrogens is 408 g/mol. The molecule has 1 heterocycles. The van der Waals surface area contributed by atoms with Crippen LogP contribution in [-0.4, -0.2) is 30.2 Å². The van der Waals surface area contributed by atoms with Crippen LogP contribution in [0.25, 0.3) is 0 Å². The van der Waals surface area contributed by atoms with Crippen molar-refractivity contribution in [1.82, 2.24) is 10.6 Å². The molecule has 0 aliphatic heterocycles. The third kappa shape index (κ3) is 6.69. The minimum Gasteiger partial charge on any atom is -0.459 e. The molecule has 5 nitrogen and oxygen atoms in total. The van der Waals surface area contributed by atoms with Gasteiger partial charge in [0.15, 0.2) is 5.76 Å². The van der Waals surface area contributed by atoms with Gasteiger partial charge in [0.05, 0.1) is 6.26 Å². The summed E-state index contributed by atoms with van der Waals surface area (Å²) in [5, 5.41) is 6.36. The maximum absolute atomic E-state index is 12.7. The van der Waals surface area contributed by atoms with E-state index in [1.54, 1.807) is 23.9 Å². The Hall–Kier alpha value is -2.70. The predicted octanol–water partition coefficient (Wildman–Crippen LogP) is 4.18. The average molecular weight is 429 g/mol. The maximum Gasteiger partial charge on any atom is 0.287 e. The lowest BCUT2D eigenvalue weighted by Crippen LogP contribution is -2.48. The Bertz CT molecular complexity index is 915. The smallest absolute Gasteiger partial charge is 0.287 e. The van der Waals surface area contributed by atoms with E-state index in [0.29, 0.717) is 23.7 Å². The van der Waals surface area contributed by atoms with Gasteiger partial charge < -0.3 is 15.1 Å². The lowest BCUT2D eigenvalue weighted by atomic mass is 10.1. The second-order valence-corrected chi connectivity index (χ2v) is 7.89. The van der Waals surface area contributed by atoms with Gasteiger partial charge in [-0.2, -0.15) is 0 Å². The number of furan rings is 1. The van der Waals surface area contributed by atoms with E-state index >= 15 is 0 Å². The van der Waals surface area contributed by atoms with Gasteiger partial charge in [-0.15, -0.1) is 11.8 Å². The molecule has 3 rings (SSSR count). The highest BCUT2D eigenvalue weighted by Gasteiger charge is 2.22. The Morgan fingerprint density at radius 3 is 2.45 bits per heavy atom. The zero-order chi connectivity index (χ0) is 20.5. The first kappa shape index (κ1) is 21.0. The van der Waals surface area contributed by atoms with Crippen LogP contribution in [0.15, 0.2) is 82.3 Å². The Morgan fingerprint density at radius 1 is 1.00 bits per heavy atom. The first-order chi connectivity index (χ1) is 14.1. The van der Waals surface area contributed by atoms with E-state index in [1.807, 2.05) is 54.6 Å². The van der Waals surface area contributed by atoms with Crippen molar-refractivity contribution in [2.24, 2.45) is 0 Å². The summed E-state index contributed by atoms with van der Waals surface area (Å²) in [5.41, 5.74) is 0.961. The topological polar surface area (TPSA) is 71.3 Å². The molecule has 0 saturated carbocycles. The molecule has 0 fully saturated rings. The van der Waals surface area contributed by atoms with Gasteiger partial charge in [0.1, 0.15) is 6.04 Å². The summed E-state index contributed by atoms with van der Waals surface area (Å²) in [6.45, 7) is 0.480. The van der Waals surface area contributed by atoms with E-state index < -0.39 is 11.9 Å². The molecule has 2 amide bonds. The van der Waals surface area contributed by atoms with Crippen molar-refractivity contribution < 1.29 is 14.0 Å². The maximum atomic E-state index is 12.7. The Morgan fingerprint density at radius 2 is 1.76 bits per heavy atom. The molecule has 1 aromatic heterocycles. The van der Waals surface area contributed by atoms with Crippen LogP contribution in [0.2, 0.25) is 5.02 Å². The van der Waals surface area contributed by atoms with Crippen molar-refractivity contribution in [3.05, 3.63) is 89.3 Å². The molecule has 2 aromatic carbocycles. The number of nitrogens with one attached hydrogen (secondary N) is 2. The summed E-state index contributed by atoms with van der Waals surface area (Å²) < 4.78 is 5.13. The fraction of sp³-hybridized carbons (Fsp3) is 0.182. The number of amides is 2. The Balaban J connectivity index is 1.55. The van der Waals surface area contributed by atoms with Crippen molar-refractivity contribution in [3.8, 4) is 0 Å². The molecule has 0 aliphatic carbocycles. The molecule has 1 atom stereocenters. The number of hydrogen-bond acceptors (Lipinski definition) is 4. The molecule has 0 saturated heterocycles. The highest BCUT2D eigenvalue weighted by atomic mass is 35.5.